The normalized spacial score (nSPS) is 11.7. The SMILES string of the molecule is CCCCCCCCCCCCCCCCCC(=O)OCC(CO)OC(=O)CCCCCCCCCCCCCCCCC.Nc1cc[pH]c1. The summed E-state index contributed by atoms with van der Waals surface area (Å²) in [5.41, 5.74) is 6.23. The number of nitrogen functional groups attached to an aromatic ring is 1. The van der Waals surface area contributed by atoms with Gasteiger partial charge in [-0.2, -0.15) is 0 Å². The Hall–Kier alpha value is -1.52. The predicted octanol–water partition coefficient (Wildman–Crippen LogP) is 13.3. The Morgan fingerprint density at radius 2 is 0.920 bits per heavy atom. The quantitative estimate of drug-likeness (QED) is 0.0528. The second kappa shape index (κ2) is 40.3. The second-order valence-corrected chi connectivity index (χ2v) is 15.5. The molecule has 1 aromatic heterocycles. The smallest absolute Gasteiger partial charge is 0.306 e. The molecular weight excluding hydrogens is 641 g/mol. The van der Waals surface area contributed by atoms with Crippen LogP contribution in [-0.4, -0.2) is 36.4 Å². The Morgan fingerprint density at radius 1 is 0.580 bits per heavy atom. The average molecular weight is 724 g/mol. The van der Waals surface area contributed by atoms with Gasteiger partial charge in [0, 0.05) is 18.5 Å². The molecule has 2 unspecified atom stereocenters. The lowest BCUT2D eigenvalue weighted by Crippen LogP contribution is -2.28. The van der Waals surface area contributed by atoms with E-state index in [1.54, 1.807) is 0 Å². The zero-order valence-corrected chi connectivity index (χ0v) is 34.0. The van der Waals surface area contributed by atoms with Crippen molar-refractivity contribution in [3.8, 4) is 0 Å². The average Bonchev–Trinajstić information content (AvgIpc) is 3.61. The first-order valence-electron chi connectivity index (χ1n) is 21.4. The van der Waals surface area contributed by atoms with Crippen molar-refractivity contribution in [1.29, 1.82) is 0 Å². The topological polar surface area (TPSA) is 98.9 Å². The number of esters is 2. The van der Waals surface area contributed by atoms with Gasteiger partial charge in [-0.25, -0.2) is 0 Å². The van der Waals surface area contributed by atoms with Crippen LogP contribution in [-0.2, 0) is 19.1 Å². The lowest BCUT2D eigenvalue weighted by atomic mass is 10.0. The molecular formula is C43H82NO5P. The van der Waals surface area contributed by atoms with Crippen LogP contribution in [0, 0.1) is 0 Å². The fraction of sp³-hybridized carbons (Fsp3) is 0.860. The number of unbranched alkanes of at least 4 members (excludes halogenated alkanes) is 28. The Labute approximate surface area is 311 Å². The standard InChI is InChI=1S/C39H76O5.C4H6NP/c1-3-5-7-9-11-13-15-17-19-21-23-25-27-29-31-33-38(41)43-36-37(35-40)44-39(42)34-32-30-28-26-24-22-20-18-16-14-12-10-8-6-4-2;5-4-1-2-6-3-4/h37,40H,3-36H2,1-2H3;1-3,6H,5H2. The van der Waals surface area contributed by atoms with E-state index in [4.69, 9.17) is 15.2 Å². The van der Waals surface area contributed by atoms with Crippen molar-refractivity contribution in [3.05, 3.63) is 17.7 Å². The molecule has 6 nitrogen and oxygen atoms in total. The van der Waals surface area contributed by atoms with Gasteiger partial charge in [-0.15, -0.1) is 8.19 Å². The summed E-state index contributed by atoms with van der Waals surface area (Å²) in [5, 5.41) is 9.54. The van der Waals surface area contributed by atoms with Crippen molar-refractivity contribution in [1.82, 2.24) is 0 Å². The van der Waals surface area contributed by atoms with Crippen LogP contribution >= 0.6 is 8.19 Å². The summed E-state index contributed by atoms with van der Waals surface area (Å²) in [5.74, 6) is 3.50. The summed E-state index contributed by atoms with van der Waals surface area (Å²) in [6.07, 6.45) is 38.7. The van der Waals surface area contributed by atoms with E-state index in [9.17, 15) is 14.7 Å². The molecule has 0 bridgehead atoms. The van der Waals surface area contributed by atoms with Gasteiger partial charge < -0.3 is 20.3 Å². The molecule has 1 rings (SSSR count). The molecule has 7 heteroatoms. The van der Waals surface area contributed by atoms with E-state index in [0.717, 1.165) is 46.0 Å². The number of carbonyl (C=O) groups is 2. The number of ether oxygens (including phenoxy) is 2. The fourth-order valence-electron chi connectivity index (χ4n) is 6.24. The van der Waals surface area contributed by atoms with Gasteiger partial charge in [-0.3, -0.25) is 9.59 Å². The zero-order valence-electron chi connectivity index (χ0n) is 33.0. The molecule has 0 amide bonds. The lowest BCUT2D eigenvalue weighted by Gasteiger charge is -2.15. The summed E-state index contributed by atoms with van der Waals surface area (Å²) in [4.78, 5) is 24.2. The molecule has 0 radical (unpaired) electrons. The van der Waals surface area contributed by atoms with Crippen LogP contribution in [0.4, 0.5) is 5.69 Å². The van der Waals surface area contributed by atoms with E-state index in [1.165, 1.54) is 161 Å². The molecule has 0 aliphatic carbocycles. The van der Waals surface area contributed by atoms with Crippen LogP contribution < -0.4 is 5.73 Å². The van der Waals surface area contributed by atoms with E-state index in [1.807, 2.05) is 11.9 Å². The number of hydrogen-bond acceptors (Lipinski definition) is 6. The first kappa shape index (κ1) is 48.5. The van der Waals surface area contributed by atoms with E-state index in [2.05, 4.69) is 19.6 Å². The molecule has 2 atom stereocenters. The first-order chi connectivity index (χ1) is 24.5. The molecule has 3 N–H and O–H groups in total. The monoisotopic (exact) mass is 724 g/mol. The number of hydrogen-bond donors (Lipinski definition) is 2. The molecule has 0 aliphatic heterocycles. The summed E-state index contributed by atoms with van der Waals surface area (Å²) >= 11 is 0. The number of aliphatic hydroxyl groups excluding tert-OH is 1. The molecule has 0 fully saturated rings. The van der Waals surface area contributed by atoms with Crippen LogP contribution in [0.2, 0.25) is 0 Å². The lowest BCUT2D eigenvalue weighted by molar-refractivity contribution is -0.161. The van der Waals surface area contributed by atoms with Crippen LogP contribution in [0.15, 0.2) is 17.7 Å². The summed E-state index contributed by atoms with van der Waals surface area (Å²) in [7, 11) is 0.821. The molecule has 1 heterocycles. The first-order valence-corrected chi connectivity index (χ1v) is 22.5. The molecule has 0 aromatic carbocycles. The number of aliphatic hydroxyl groups is 1. The van der Waals surface area contributed by atoms with Gasteiger partial charge in [0.1, 0.15) is 6.61 Å². The molecule has 0 saturated carbocycles. The second-order valence-electron chi connectivity index (χ2n) is 14.5. The number of anilines is 1. The molecule has 1 aromatic rings. The van der Waals surface area contributed by atoms with Crippen LogP contribution in [0.25, 0.3) is 0 Å². The third kappa shape index (κ3) is 37.7. The Morgan fingerprint density at radius 3 is 1.20 bits per heavy atom. The van der Waals surface area contributed by atoms with Crippen LogP contribution in [0.5, 0.6) is 0 Å². The molecule has 0 saturated heterocycles. The Bertz CT molecular complexity index is 818. The molecule has 294 valence electrons. The maximum Gasteiger partial charge on any atom is 0.306 e. The van der Waals surface area contributed by atoms with Gasteiger partial charge in [0.15, 0.2) is 6.10 Å². The van der Waals surface area contributed by atoms with Gasteiger partial charge in [-0.05, 0) is 30.5 Å². The number of carbonyl (C=O) groups excluding carboxylic acids is 2. The largest absolute Gasteiger partial charge is 0.462 e. The fourth-order valence-corrected chi connectivity index (χ4v) is 6.92. The van der Waals surface area contributed by atoms with E-state index < -0.39 is 6.10 Å². The van der Waals surface area contributed by atoms with Gasteiger partial charge in [0.2, 0.25) is 0 Å². The van der Waals surface area contributed by atoms with Crippen molar-refractivity contribution in [2.75, 3.05) is 18.9 Å². The van der Waals surface area contributed by atoms with Gasteiger partial charge >= 0.3 is 11.9 Å². The van der Waals surface area contributed by atoms with Crippen LogP contribution in [0.3, 0.4) is 0 Å². The third-order valence-electron chi connectivity index (χ3n) is 9.52. The van der Waals surface area contributed by atoms with E-state index in [-0.39, 0.29) is 25.2 Å². The van der Waals surface area contributed by atoms with Crippen molar-refractivity contribution in [3.63, 3.8) is 0 Å². The third-order valence-corrected chi connectivity index (χ3v) is 10.4. The maximum atomic E-state index is 12.1. The maximum absolute atomic E-state index is 12.1. The highest BCUT2D eigenvalue weighted by molar-refractivity contribution is 7.28. The molecule has 0 aliphatic rings. The number of nitrogens with two attached hydrogens (primary N) is 1. The summed E-state index contributed by atoms with van der Waals surface area (Å²) in [6.45, 7) is 4.16. The molecule has 0 spiro atoms. The van der Waals surface area contributed by atoms with Crippen LogP contribution in [0.1, 0.15) is 219 Å². The Balaban J connectivity index is 0.00000358. The summed E-state index contributed by atoms with van der Waals surface area (Å²) in [6, 6.07) is 1.93. The van der Waals surface area contributed by atoms with Crippen molar-refractivity contribution in [2.24, 2.45) is 0 Å². The minimum Gasteiger partial charge on any atom is -0.462 e. The number of rotatable bonds is 36. The Kier molecular flexibility index (Phi) is 39.0. The highest BCUT2D eigenvalue weighted by Crippen LogP contribution is 2.16. The van der Waals surface area contributed by atoms with Crippen molar-refractivity contribution < 1.29 is 24.2 Å². The highest BCUT2D eigenvalue weighted by Gasteiger charge is 2.16. The van der Waals surface area contributed by atoms with Gasteiger partial charge in [-0.1, -0.05) is 194 Å². The van der Waals surface area contributed by atoms with Crippen molar-refractivity contribution >= 4 is 25.8 Å². The van der Waals surface area contributed by atoms with E-state index in [0.29, 0.717) is 12.8 Å². The highest BCUT2D eigenvalue weighted by atomic mass is 31.0. The summed E-state index contributed by atoms with van der Waals surface area (Å²) < 4.78 is 10.6. The van der Waals surface area contributed by atoms with Gasteiger partial charge in [0.05, 0.1) is 6.61 Å². The van der Waals surface area contributed by atoms with E-state index >= 15 is 0 Å². The van der Waals surface area contributed by atoms with Gasteiger partial charge in [0.25, 0.3) is 0 Å². The minimum atomic E-state index is -0.760. The zero-order chi connectivity index (χ0) is 36.6. The minimum absolute atomic E-state index is 0.0569. The molecule has 50 heavy (non-hydrogen) atoms. The predicted molar refractivity (Wildman–Crippen MR) is 217 cm³/mol. The van der Waals surface area contributed by atoms with Crippen molar-refractivity contribution in [2.45, 2.75) is 225 Å².